The summed E-state index contributed by atoms with van der Waals surface area (Å²) in [5.41, 5.74) is 4.42. The molecule has 0 radical (unpaired) electrons. The number of benzene rings is 1. The molecule has 1 aromatic heterocycles. The van der Waals surface area contributed by atoms with Crippen molar-refractivity contribution in [1.82, 2.24) is 9.78 Å². The molecule has 2 aromatic rings. The van der Waals surface area contributed by atoms with Crippen molar-refractivity contribution in [1.29, 1.82) is 0 Å². The van der Waals surface area contributed by atoms with Crippen LogP contribution >= 0.6 is 11.6 Å². The van der Waals surface area contributed by atoms with Crippen LogP contribution in [0, 0.1) is 13.8 Å². The van der Waals surface area contributed by atoms with Crippen LogP contribution in [0.25, 0.3) is 5.69 Å². The highest BCUT2D eigenvalue weighted by molar-refractivity contribution is 6.31. The van der Waals surface area contributed by atoms with Gasteiger partial charge in [-0.05, 0) is 49.6 Å². The van der Waals surface area contributed by atoms with E-state index in [0.29, 0.717) is 5.92 Å². The van der Waals surface area contributed by atoms with Crippen LogP contribution in [0.15, 0.2) is 24.3 Å². The molecule has 17 heavy (non-hydrogen) atoms. The third kappa shape index (κ3) is 2.37. The second-order valence-corrected chi connectivity index (χ2v) is 5.12. The quantitative estimate of drug-likeness (QED) is 0.776. The fourth-order valence-electron chi connectivity index (χ4n) is 1.90. The number of nitrogens with zero attached hydrogens (tertiary/aromatic N) is 2. The zero-order chi connectivity index (χ0) is 12.6. The Balaban J connectivity index is 2.55. The molecule has 0 bridgehead atoms. The molecule has 3 heteroatoms. The van der Waals surface area contributed by atoms with Crippen LogP contribution in [0.2, 0.25) is 5.02 Å². The van der Waals surface area contributed by atoms with Gasteiger partial charge in [-0.15, -0.1) is 0 Å². The molecule has 2 nitrogen and oxygen atoms in total. The van der Waals surface area contributed by atoms with Crippen molar-refractivity contribution >= 4 is 11.6 Å². The fourth-order valence-corrected chi connectivity index (χ4v) is 2.02. The maximum absolute atomic E-state index is 6.05. The van der Waals surface area contributed by atoms with E-state index < -0.39 is 0 Å². The van der Waals surface area contributed by atoms with Gasteiger partial charge in [-0.3, -0.25) is 0 Å². The summed E-state index contributed by atoms with van der Waals surface area (Å²) in [6.45, 7) is 8.38. The standard InChI is InChI=1S/C14H17ClN2/c1-9(2)14-8-11(4)16-17(14)12-5-6-13(15)10(3)7-12/h5-9H,1-4H3. The van der Waals surface area contributed by atoms with Gasteiger partial charge in [0.2, 0.25) is 0 Å². The van der Waals surface area contributed by atoms with Crippen molar-refractivity contribution in [2.75, 3.05) is 0 Å². The van der Waals surface area contributed by atoms with Gasteiger partial charge in [0, 0.05) is 10.7 Å². The highest BCUT2D eigenvalue weighted by atomic mass is 35.5. The molecule has 0 spiro atoms. The minimum Gasteiger partial charge on any atom is -0.237 e. The second-order valence-electron chi connectivity index (χ2n) is 4.71. The number of hydrogen-bond donors (Lipinski definition) is 0. The molecule has 0 aliphatic heterocycles. The monoisotopic (exact) mass is 248 g/mol. The molecule has 2 rings (SSSR count). The zero-order valence-corrected chi connectivity index (χ0v) is 11.4. The molecule has 0 saturated heterocycles. The number of rotatable bonds is 2. The predicted octanol–water partition coefficient (Wildman–Crippen LogP) is 4.27. The molecule has 1 aromatic carbocycles. The van der Waals surface area contributed by atoms with Crippen LogP contribution in [-0.4, -0.2) is 9.78 Å². The Morgan fingerprint density at radius 2 is 1.88 bits per heavy atom. The van der Waals surface area contributed by atoms with E-state index in [2.05, 4.69) is 31.1 Å². The van der Waals surface area contributed by atoms with E-state index in [1.807, 2.05) is 30.7 Å². The van der Waals surface area contributed by atoms with E-state index in [1.54, 1.807) is 0 Å². The smallest absolute Gasteiger partial charge is 0.0652 e. The average Bonchev–Trinajstić information content (AvgIpc) is 2.64. The van der Waals surface area contributed by atoms with Crippen LogP contribution in [0.5, 0.6) is 0 Å². The maximum Gasteiger partial charge on any atom is 0.0652 e. The summed E-state index contributed by atoms with van der Waals surface area (Å²) in [5, 5.41) is 5.34. The van der Waals surface area contributed by atoms with Crippen molar-refractivity contribution in [2.45, 2.75) is 33.6 Å². The molecule has 0 unspecified atom stereocenters. The first-order chi connectivity index (χ1) is 7.99. The Labute approximate surface area is 107 Å². The van der Waals surface area contributed by atoms with Gasteiger partial charge in [-0.1, -0.05) is 25.4 Å². The second kappa shape index (κ2) is 4.53. The third-order valence-corrected chi connectivity index (χ3v) is 3.26. The van der Waals surface area contributed by atoms with Gasteiger partial charge in [-0.2, -0.15) is 5.10 Å². The minimum atomic E-state index is 0.451. The average molecular weight is 249 g/mol. The normalized spacial score (nSPS) is 11.2. The molecule has 0 fully saturated rings. The number of aryl methyl sites for hydroxylation is 2. The zero-order valence-electron chi connectivity index (χ0n) is 10.7. The topological polar surface area (TPSA) is 17.8 Å². The van der Waals surface area contributed by atoms with E-state index >= 15 is 0 Å². The van der Waals surface area contributed by atoms with E-state index in [4.69, 9.17) is 11.6 Å². The lowest BCUT2D eigenvalue weighted by atomic mass is 10.1. The van der Waals surface area contributed by atoms with Gasteiger partial charge in [0.1, 0.15) is 0 Å². The molecule has 0 saturated carbocycles. The summed E-state index contributed by atoms with van der Waals surface area (Å²) in [6, 6.07) is 8.14. The highest BCUT2D eigenvalue weighted by Crippen LogP contribution is 2.23. The Hall–Kier alpha value is -1.28. The highest BCUT2D eigenvalue weighted by Gasteiger charge is 2.11. The third-order valence-electron chi connectivity index (χ3n) is 2.84. The first-order valence-electron chi connectivity index (χ1n) is 5.82. The van der Waals surface area contributed by atoms with E-state index in [9.17, 15) is 0 Å². The van der Waals surface area contributed by atoms with Crippen molar-refractivity contribution in [3.8, 4) is 5.69 Å². The SMILES string of the molecule is Cc1cc(C(C)C)n(-c2ccc(Cl)c(C)c2)n1. The molecular weight excluding hydrogens is 232 g/mol. The van der Waals surface area contributed by atoms with Gasteiger partial charge in [0.25, 0.3) is 0 Å². The largest absolute Gasteiger partial charge is 0.237 e. The molecule has 90 valence electrons. The van der Waals surface area contributed by atoms with Crippen molar-refractivity contribution in [3.05, 3.63) is 46.2 Å². The lowest BCUT2D eigenvalue weighted by molar-refractivity contribution is 0.731. The van der Waals surface area contributed by atoms with Gasteiger partial charge in [0.05, 0.1) is 11.4 Å². The predicted molar refractivity (Wildman–Crippen MR) is 72.1 cm³/mol. The van der Waals surface area contributed by atoms with E-state index in [0.717, 1.165) is 22.0 Å². The van der Waals surface area contributed by atoms with Gasteiger partial charge in [-0.25, -0.2) is 4.68 Å². The van der Waals surface area contributed by atoms with Crippen molar-refractivity contribution < 1.29 is 0 Å². The first-order valence-corrected chi connectivity index (χ1v) is 6.20. The van der Waals surface area contributed by atoms with Crippen molar-refractivity contribution in [2.24, 2.45) is 0 Å². The molecule has 1 heterocycles. The summed E-state index contributed by atoms with van der Waals surface area (Å²) in [6.07, 6.45) is 0. The van der Waals surface area contributed by atoms with Crippen LogP contribution < -0.4 is 0 Å². The van der Waals surface area contributed by atoms with Crippen molar-refractivity contribution in [3.63, 3.8) is 0 Å². The summed E-state index contributed by atoms with van der Waals surface area (Å²) in [4.78, 5) is 0. The van der Waals surface area contributed by atoms with Crippen LogP contribution in [0.3, 0.4) is 0 Å². The van der Waals surface area contributed by atoms with E-state index in [-0.39, 0.29) is 0 Å². The summed E-state index contributed by atoms with van der Waals surface area (Å²) >= 11 is 6.05. The molecule has 0 atom stereocenters. The molecule has 0 N–H and O–H groups in total. The molecule has 0 aliphatic carbocycles. The Morgan fingerprint density at radius 1 is 1.18 bits per heavy atom. The maximum atomic E-state index is 6.05. The summed E-state index contributed by atoms with van der Waals surface area (Å²) in [5.74, 6) is 0.451. The summed E-state index contributed by atoms with van der Waals surface area (Å²) < 4.78 is 2.00. The Morgan fingerprint density at radius 3 is 2.47 bits per heavy atom. The lowest BCUT2D eigenvalue weighted by Gasteiger charge is -2.11. The van der Waals surface area contributed by atoms with Gasteiger partial charge in [0.15, 0.2) is 0 Å². The van der Waals surface area contributed by atoms with Crippen LogP contribution in [0.4, 0.5) is 0 Å². The molecule has 0 amide bonds. The number of aromatic nitrogens is 2. The Kier molecular flexibility index (Phi) is 3.25. The van der Waals surface area contributed by atoms with Crippen LogP contribution in [0.1, 0.15) is 36.7 Å². The summed E-state index contributed by atoms with van der Waals surface area (Å²) in [7, 11) is 0. The molecule has 0 aliphatic rings. The van der Waals surface area contributed by atoms with Gasteiger partial charge < -0.3 is 0 Å². The minimum absolute atomic E-state index is 0.451. The lowest BCUT2D eigenvalue weighted by Crippen LogP contribution is -2.03. The molecular formula is C14H17ClN2. The number of hydrogen-bond acceptors (Lipinski definition) is 1. The van der Waals surface area contributed by atoms with Gasteiger partial charge >= 0.3 is 0 Å². The number of halogens is 1. The Bertz CT molecular complexity index is 541. The van der Waals surface area contributed by atoms with Crippen LogP contribution in [-0.2, 0) is 0 Å². The van der Waals surface area contributed by atoms with E-state index in [1.165, 1.54) is 5.69 Å². The first kappa shape index (κ1) is 12.2. The fraction of sp³-hybridized carbons (Fsp3) is 0.357.